The first-order valence-electron chi connectivity index (χ1n) is 6.55. The Labute approximate surface area is 121 Å². The molecule has 1 unspecified atom stereocenters. The van der Waals surface area contributed by atoms with Crippen molar-refractivity contribution in [1.29, 1.82) is 0 Å². The Morgan fingerprint density at radius 1 is 1.15 bits per heavy atom. The van der Waals surface area contributed by atoms with E-state index < -0.39 is 0 Å². The number of aromatic nitrogens is 2. The van der Waals surface area contributed by atoms with Crippen molar-refractivity contribution in [3.63, 3.8) is 0 Å². The van der Waals surface area contributed by atoms with Crippen molar-refractivity contribution >= 4 is 27.4 Å². The van der Waals surface area contributed by atoms with Crippen LogP contribution in [0, 0.1) is 0 Å². The number of thiophene rings is 1. The minimum absolute atomic E-state index is 0.162. The van der Waals surface area contributed by atoms with E-state index in [1.807, 2.05) is 29.6 Å². The Balaban J connectivity index is 1.79. The fourth-order valence-corrected chi connectivity index (χ4v) is 2.92. The fourth-order valence-electron chi connectivity index (χ4n) is 2.19. The minimum Gasteiger partial charge on any atom is -0.365 e. The first kappa shape index (κ1) is 13.0. The maximum atomic E-state index is 5.88. The van der Waals surface area contributed by atoms with Gasteiger partial charge in [0.25, 0.3) is 0 Å². The Morgan fingerprint density at radius 2 is 2.00 bits per heavy atom. The van der Waals surface area contributed by atoms with Crippen LogP contribution in [0.2, 0.25) is 0 Å². The van der Waals surface area contributed by atoms with Gasteiger partial charge in [0.05, 0.1) is 5.39 Å². The van der Waals surface area contributed by atoms with Crippen LogP contribution in [0.3, 0.4) is 0 Å². The second-order valence-electron chi connectivity index (χ2n) is 4.63. The third-order valence-corrected chi connectivity index (χ3v) is 4.03. The summed E-state index contributed by atoms with van der Waals surface area (Å²) in [6.07, 6.45) is 2.48. The molecule has 0 amide bonds. The van der Waals surface area contributed by atoms with Gasteiger partial charge in [-0.3, -0.25) is 0 Å². The van der Waals surface area contributed by atoms with E-state index in [-0.39, 0.29) is 6.04 Å². The number of anilines is 1. The predicted molar refractivity (Wildman–Crippen MR) is 84.0 cm³/mol. The molecule has 3 rings (SSSR count). The maximum Gasteiger partial charge on any atom is 0.138 e. The number of hydrogen-bond donors (Lipinski definition) is 2. The molecule has 4 nitrogen and oxygen atoms in total. The molecule has 0 bridgehead atoms. The van der Waals surface area contributed by atoms with Crippen LogP contribution >= 0.6 is 11.3 Å². The van der Waals surface area contributed by atoms with Gasteiger partial charge < -0.3 is 11.1 Å². The van der Waals surface area contributed by atoms with Gasteiger partial charge in [0, 0.05) is 12.6 Å². The summed E-state index contributed by atoms with van der Waals surface area (Å²) in [6.45, 7) is 0.560. The molecular weight excluding hydrogens is 268 g/mol. The summed E-state index contributed by atoms with van der Waals surface area (Å²) in [5, 5.41) is 6.52. The smallest absolute Gasteiger partial charge is 0.138 e. The molecule has 0 spiro atoms. The van der Waals surface area contributed by atoms with Crippen molar-refractivity contribution in [1.82, 2.24) is 9.97 Å². The third kappa shape index (κ3) is 2.79. The average molecular weight is 284 g/mol. The molecule has 1 atom stereocenters. The van der Waals surface area contributed by atoms with E-state index >= 15 is 0 Å². The Kier molecular flexibility index (Phi) is 3.90. The van der Waals surface area contributed by atoms with Crippen LogP contribution in [0.15, 0.2) is 48.1 Å². The summed E-state index contributed by atoms with van der Waals surface area (Å²) < 4.78 is 0. The van der Waals surface area contributed by atoms with Crippen molar-refractivity contribution in [2.45, 2.75) is 12.5 Å². The minimum atomic E-state index is 0.162. The second-order valence-corrected chi connectivity index (χ2v) is 5.52. The molecule has 2 heterocycles. The maximum absolute atomic E-state index is 5.88. The van der Waals surface area contributed by atoms with E-state index in [0.29, 0.717) is 6.54 Å². The highest BCUT2D eigenvalue weighted by Gasteiger charge is 2.11. The largest absolute Gasteiger partial charge is 0.365 e. The van der Waals surface area contributed by atoms with Crippen molar-refractivity contribution in [2.75, 3.05) is 11.9 Å². The fraction of sp³-hybridized carbons (Fsp3) is 0.200. The number of nitrogens with two attached hydrogens (primary N) is 1. The SMILES string of the molecule is NCC(Cc1ccccc1)Nc1ncnc2sccc12. The highest BCUT2D eigenvalue weighted by molar-refractivity contribution is 7.16. The number of rotatable bonds is 5. The molecule has 0 aliphatic heterocycles. The quantitative estimate of drug-likeness (QED) is 0.756. The molecule has 3 N–H and O–H groups in total. The van der Waals surface area contributed by atoms with Crippen molar-refractivity contribution < 1.29 is 0 Å². The van der Waals surface area contributed by atoms with Gasteiger partial charge in [-0.15, -0.1) is 11.3 Å². The lowest BCUT2D eigenvalue weighted by Crippen LogP contribution is -2.31. The van der Waals surface area contributed by atoms with Crippen LogP contribution in [-0.2, 0) is 6.42 Å². The third-order valence-electron chi connectivity index (χ3n) is 3.21. The molecule has 3 aromatic rings. The number of nitrogens with one attached hydrogen (secondary N) is 1. The summed E-state index contributed by atoms with van der Waals surface area (Å²) in [7, 11) is 0. The van der Waals surface area contributed by atoms with Crippen LogP contribution in [0.4, 0.5) is 5.82 Å². The number of benzene rings is 1. The van der Waals surface area contributed by atoms with Gasteiger partial charge in [0.15, 0.2) is 0 Å². The molecule has 0 saturated heterocycles. The van der Waals surface area contributed by atoms with E-state index in [4.69, 9.17) is 5.73 Å². The summed E-state index contributed by atoms with van der Waals surface area (Å²) in [6, 6.07) is 12.5. The Bertz CT molecular complexity index is 680. The molecular formula is C15H16N4S. The van der Waals surface area contributed by atoms with E-state index in [1.165, 1.54) is 5.56 Å². The van der Waals surface area contributed by atoms with Gasteiger partial charge in [0.2, 0.25) is 0 Å². The molecule has 20 heavy (non-hydrogen) atoms. The number of fused-ring (bicyclic) bond motifs is 1. The lowest BCUT2D eigenvalue weighted by Gasteiger charge is -2.18. The molecule has 5 heteroatoms. The van der Waals surface area contributed by atoms with Crippen molar-refractivity contribution in [3.8, 4) is 0 Å². The van der Waals surface area contributed by atoms with Crippen molar-refractivity contribution in [2.24, 2.45) is 5.73 Å². The standard InChI is InChI=1S/C15H16N4S/c16-9-12(8-11-4-2-1-3-5-11)19-14-13-6-7-20-15(13)18-10-17-14/h1-7,10,12H,8-9,16H2,(H,17,18,19). The molecule has 0 fully saturated rings. The van der Waals surface area contributed by atoms with E-state index in [1.54, 1.807) is 17.7 Å². The van der Waals surface area contributed by atoms with Gasteiger partial charge in [-0.1, -0.05) is 30.3 Å². The predicted octanol–water partition coefficient (Wildman–Crippen LogP) is 2.67. The van der Waals surface area contributed by atoms with Gasteiger partial charge in [-0.05, 0) is 23.4 Å². The summed E-state index contributed by atoms with van der Waals surface area (Å²) in [4.78, 5) is 9.59. The van der Waals surface area contributed by atoms with Gasteiger partial charge in [0.1, 0.15) is 17.0 Å². The first-order chi connectivity index (χ1) is 9.86. The molecule has 1 aromatic carbocycles. The molecule has 0 saturated carbocycles. The van der Waals surface area contributed by atoms with E-state index in [0.717, 1.165) is 22.5 Å². The first-order valence-corrected chi connectivity index (χ1v) is 7.43. The molecule has 0 aliphatic carbocycles. The van der Waals surface area contributed by atoms with Gasteiger partial charge in [-0.2, -0.15) is 0 Å². The molecule has 102 valence electrons. The zero-order chi connectivity index (χ0) is 13.8. The van der Waals surface area contributed by atoms with Crippen LogP contribution in [0.5, 0.6) is 0 Å². The highest BCUT2D eigenvalue weighted by Crippen LogP contribution is 2.24. The van der Waals surface area contributed by atoms with Crippen LogP contribution in [0.1, 0.15) is 5.56 Å². The zero-order valence-electron chi connectivity index (χ0n) is 11.0. The lowest BCUT2D eigenvalue weighted by molar-refractivity contribution is 0.721. The van der Waals surface area contributed by atoms with Crippen molar-refractivity contribution in [3.05, 3.63) is 53.7 Å². The second kappa shape index (κ2) is 5.98. The van der Waals surface area contributed by atoms with Crippen LogP contribution in [-0.4, -0.2) is 22.6 Å². The monoisotopic (exact) mass is 284 g/mol. The van der Waals surface area contributed by atoms with E-state index in [2.05, 4.69) is 27.4 Å². The summed E-state index contributed by atoms with van der Waals surface area (Å²) in [5.74, 6) is 0.864. The number of hydrogen-bond acceptors (Lipinski definition) is 5. The average Bonchev–Trinajstić information content (AvgIpc) is 2.97. The van der Waals surface area contributed by atoms with Crippen LogP contribution in [0.25, 0.3) is 10.2 Å². The topological polar surface area (TPSA) is 63.8 Å². The molecule has 2 aromatic heterocycles. The summed E-state index contributed by atoms with van der Waals surface area (Å²) in [5.41, 5.74) is 7.15. The van der Waals surface area contributed by atoms with Gasteiger partial charge in [-0.25, -0.2) is 9.97 Å². The normalized spacial score (nSPS) is 12.4. The van der Waals surface area contributed by atoms with E-state index in [9.17, 15) is 0 Å². The Hall–Kier alpha value is -1.98. The molecule has 0 aliphatic rings. The highest BCUT2D eigenvalue weighted by atomic mass is 32.1. The Morgan fingerprint density at radius 3 is 2.80 bits per heavy atom. The number of nitrogens with zero attached hydrogens (tertiary/aromatic N) is 2. The lowest BCUT2D eigenvalue weighted by atomic mass is 10.1. The van der Waals surface area contributed by atoms with Crippen LogP contribution < -0.4 is 11.1 Å². The van der Waals surface area contributed by atoms with Gasteiger partial charge >= 0.3 is 0 Å². The zero-order valence-corrected chi connectivity index (χ0v) is 11.8. The molecule has 0 radical (unpaired) electrons. The summed E-state index contributed by atoms with van der Waals surface area (Å²) >= 11 is 1.62.